The fourth-order valence-electron chi connectivity index (χ4n) is 5.20. The zero-order chi connectivity index (χ0) is 31.5. The minimum atomic E-state index is -0.709. The molecule has 0 aromatic carbocycles. The van der Waals surface area contributed by atoms with Crippen molar-refractivity contribution in [3.8, 4) is 0 Å². The molecule has 4 heteroatoms. The highest BCUT2D eigenvalue weighted by molar-refractivity contribution is 5.69. The SMILES string of the molecule is CC/C=C\C/C=C\C/C=C\C/C=C\CCC(=O)OC(CCCCCCCCCCCCCC)CCCCCCCC(=O)O. The van der Waals surface area contributed by atoms with E-state index in [1.807, 2.05) is 0 Å². The van der Waals surface area contributed by atoms with Crippen molar-refractivity contribution >= 4 is 11.9 Å². The van der Waals surface area contributed by atoms with Gasteiger partial charge in [-0.25, -0.2) is 0 Å². The van der Waals surface area contributed by atoms with E-state index in [0.29, 0.717) is 6.42 Å². The van der Waals surface area contributed by atoms with Gasteiger partial charge in [0.25, 0.3) is 0 Å². The maximum atomic E-state index is 12.6. The highest BCUT2D eigenvalue weighted by Gasteiger charge is 2.14. The van der Waals surface area contributed by atoms with Crippen LogP contribution in [0.3, 0.4) is 0 Å². The van der Waals surface area contributed by atoms with Crippen molar-refractivity contribution in [2.24, 2.45) is 0 Å². The number of hydrogen-bond acceptors (Lipinski definition) is 3. The molecule has 0 rings (SSSR count). The molecular formula is C39H68O4. The molecule has 0 bridgehead atoms. The Morgan fingerprint density at radius 2 is 0.953 bits per heavy atom. The van der Waals surface area contributed by atoms with E-state index in [2.05, 4.69) is 62.5 Å². The molecule has 0 aliphatic rings. The fraction of sp³-hybridized carbons (Fsp3) is 0.744. The molecule has 0 heterocycles. The Morgan fingerprint density at radius 3 is 1.42 bits per heavy atom. The second kappa shape index (κ2) is 34.4. The van der Waals surface area contributed by atoms with Gasteiger partial charge in [0, 0.05) is 12.8 Å². The van der Waals surface area contributed by atoms with Gasteiger partial charge in [-0.1, -0.05) is 152 Å². The smallest absolute Gasteiger partial charge is 0.306 e. The van der Waals surface area contributed by atoms with E-state index in [-0.39, 0.29) is 18.5 Å². The van der Waals surface area contributed by atoms with E-state index < -0.39 is 5.97 Å². The van der Waals surface area contributed by atoms with Crippen LogP contribution in [0.5, 0.6) is 0 Å². The lowest BCUT2D eigenvalue weighted by Crippen LogP contribution is -2.18. The van der Waals surface area contributed by atoms with Crippen molar-refractivity contribution in [3.63, 3.8) is 0 Å². The number of ether oxygens (including phenoxy) is 1. The lowest BCUT2D eigenvalue weighted by molar-refractivity contribution is -0.149. The number of carboxylic acids is 1. The summed E-state index contributed by atoms with van der Waals surface area (Å²) in [6, 6.07) is 0. The Hall–Kier alpha value is -2.10. The highest BCUT2D eigenvalue weighted by atomic mass is 16.5. The van der Waals surface area contributed by atoms with Gasteiger partial charge in [-0.05, 0) is 64.2 Å². The first-order chi connectivity index (χ1) is 21.1. The van der Waals surface area contributed by atoms with Gasteiger partial charge in [0.2, 0.25) is 0 Å². The summed E-state index contributed by atoms with van der Waals surface area (Å²) in [6.45, 7) is 4.42. The average molecular weight is 601 g/mol. The summed E-state index contributed by atoms with van der Waals surface area (Å²) in [5.41, 5.74) is 0. The number of carbonyl (C=O) groups is 2. The minimum absolute atomic E-state index is 0.0204. The lowest BCUT2D eigenvalue weighted by Gasteiger charge is -2.18. The van der Waals surface area contributed by atoms with Crippen molar-refractivity contribution in [1.82, 2.24) is 0 Å². The van der Waals surface area contributed by atoms with Gasteiger partial charge >= 0.3 is 11.9 Å². The summed E-state index contributed by atoms with van der Waals surface area (Å²) >= 11 is 0. The van der Waals surface area contributed by atoms with Crippen molar-refractivity contribution < 1.29 is 19.4 Å². The Balaban J connectivity index is 4.20. The quantitative estimate of drug-likeness (QED) is 0.0474. The van der Waals surface area contributed by atoms with Gasteiger partial charge in [-0.2, -0.15) is 0 Å². The van der Waals surface area contributed by atoms with Crippen LogP contribution in [0.1, 0.15) is 181 Å². The van der Waals surface area contributed by atoms with Crippen LogP contribution in [0.4, 0.5) is 0 Å². The fourth-order valence-corrected chi connectivity index (χ4v) is 5.20. The zero-order valence-electron chi connectivity index (χ0n) is 28.3. The van der Waals surface area contributed by atoms with E-state index in [1.165, 1.54) is 70.6 Å². The Labute approximate surface area is 266 Å². The molecule has 1 N–H and O–H groups in total. The average Bonchev–Trinajstić information content (AvgIpc) is 2.99. The van der Waals surface area contributed by atoms with Crippen LogP contribution >= 0.6 is 0 Å². The molecule has 248 valence electrons. The van der Waals surface area contributed by atoms with Crippen LogP contribution in [0.15, 0.2) is 48.6 Å². The Kier molecular flexibility index (Phi) is 32.7. The third kappa shape index (κ3) is 34.3. The number of carbonyl (C=O) groups excluding carboxylic acids is 1. The second-order valence-electron chi connectivity index (χ2n) is 12.0. The molecule has 0 fully saturated rings. The monoisotopic (exact) mass is 601 g/mol. The third-order valence-electron chi connectivity index (χ3n) is 7.83. The Morgan fingerprint density at radius 1 is 0.535 bits per heavy atom. The summed E-state index contributed by atoms with van der Waals surface area (Å²) < 4.78 is 5.94. The van der Waals surface area contributed by atoms with E-state index in [1.54, 1.807) is 0 Å². The van der Waals surface area contributed by atoms with Crippen molar-refractivity contribution in [2.75, 3.05) is 0 Å². The summed E-state index contributed by atoms with van der Waals surface area (Å²) in [6.07, 6.45) is 45.5. The predicted octanol–water partition coefficient (Wildman–Crippen LogP) is 12.4. The summed E-state index contributed by atoms with van der Waals surface area (Å²) in [5, 5.41) is 8.80. The number of hydrogen-bond donors (Lipinski definition) is 1. The molecule has 1 unspecified atom stereocenters. The number of allylic oxidation sites excluding steroid dienone is 8. The molecule has 0 spiro atoms. The minimum Gasteiger partial charge on any atom is -0.481 e. The molecule has 0 radical (unpaired) electrons. The largest absolute Gasteiger partial charge is 0.481 e. The topological polar surface area (TPSA) is 63.6 Å². The van der Waals surface area contributed by atoms with Crippen molar-refractivity contribution in [1.29, 1.82) is 0 Å². The van der Waals surface area contributed by atoms with Gasteiger partial charge in [0.15, 0.2) is 0 Å². The normalized spacial score (nSPS) is 12.8. The van der Waals surface area contributed by atoms with E-state index >= 15 is 0 Å². The van der Waals surface area contributed by atoms with Crippen molar-refractivity contribution in [3.05, 3.63) is 48.6 Å². The maximum Gasteiger partial charge on any atom is 0.306 e. The molecule has 0 aliphatic heterocycles. The lowest BCUT2D eigenvalue weighted by atomic mass is 10.0. The third-order valence-corrected chi connectivity index (χ3v) is 7.83. The van der Waals surface area contributed by atoms with Crippen LogP contribution in [-0.4, -0.2) is 23.1 Å². The van der Waals surface area contributed by atoms with Gasteiger partial charge in [-0.15, -0.1) is 0 Å². The molecule has 0 aromatic rings. The van der Waals surface area contributed by atoms with E-state index in [4.69, 9.17) is 9.84 Å². The number of aliphatic carboxylic acids is 1. The van der Waals surface area contributed by atoms with E-state index in [9.17, 15) is 9.59 Å². The molecular weight excluding hydrogens is 532 g/mol. The summed E-state index contributed by atoms with van der Waals surface area (Å²) in [5.74, 6) is -0.785. The Bertz CT molecular complexity index is 734. The molecule has 4 nitrogen and oxygen atoms in total. The van der Waals surface area contributed by atoms with Crippen LogP contribution in [0.25, 0.3) is 0 Å². The van der Waals surface area contributed by atoms with Crippen LogP contribution in [-0.2, 0) is 14.3 Å². The predicted molar refractivity (Wildman–Crippen MR) is 185 cm³/mol. The molecule has 0 amide bonds. The first kappa shape index (κ1) is 40.9. The van der Waals surface area contributed by atoms with E-state index in [0.717, 1.165) is 83.5 Å². The maximum absolute atomic E-state index is 12.6. The van der Waals surface area contributed by atoms with Gasteiger partial charge in [0.1, 0.15) is 6.10 Å². The highest BCUT2D eigenvalue weighted by Crippen LogP contribution is 2.18. The number of rotatable bonds is 32. The first-order valence-corrected chi connectivity index (χ1v) is 18.1. The molecule has 1 atom stereocenters. The molecule has 43 heavy (non-hydrogen) atoms. The zero-order valence-corrected chi connectivity index (χ0v) is 28.3. The number of carboxylic acid groups (broad SMARTS) is 1. The number of unbranched alkanes of at least 4 members (excludes halogenated alkanes) is 15. The first-order valence-electron chi connectivity index (χ1n) is 18.1. The standard InChI is InChI=1S/C39H68O4/c1-3-5-7-9-11-13-15-17-19-21-23-28-32-36-39(42)43-37(34-30-26-24-27-31-35-38(40)41)33-29-25-22-20-18-16-14-12-10-8-6-4-2/h5,7,11,13,17,19,23,28,37H,3-4,6,8-10,12,14-16,18,20-22,24-27,29-36H2,1-2H3,(H,40,41)/b7-5-,13-11-,19-17-,28-23-. The van der Waals surface area contributed by atoms with Gasteiger partial charge < -0.3 is 9.84 Å². The van der Waals surface area contributed by atoms with Crippen molar-refractivity contribution in [2.45, 2.75) is 187 Å². The van der Waals surface area contributed by atoms with Crippen LogP contribution in [0, 0.1) is 0 Å². The molecule has 0 aromatic heterocycles. The van der Waals surface area contributed by atoms with Crippen LogP contribution < -0.4 is 0 Å². The summed E-state index contributed by atoms with van der Waals surface area (Å²) in [7, 11) is 0. The summed E-state index contributed by atoms with van der Waals surface area (Å²) in [4.78, 5) is 23.3. The van der Waals surface area contributed by atoms with Gasteiger partial charge in [0.05, 0.1) is 0 Å². The molecule has 0 aliphatic carbocycles. The number of esters is 1. The molecule has 0 saturated carbocycles. The second-order valence-corrected chi connectivity index (χ2v) is 12.0. The van der Waals surface area contributed by atoms with Crippen LogP contribution in [0.2, 0.25) is 0 Å². The van der Waals surface area contributed by atoms with Gasteiger partial charge in [-0.3, -0.25) is 9.59 Å². The molecule has 0 saturated heterocycles.